The maximum absolute atomic E-state index is 5.51. The number of morpholine rings is 1. The van der Waals surface area contributed by atoms with Crippen molar-refractivity contribution in [1.82, 2.24) is 4.90 Å². The monoisotopic (exact) mass is 127 g/mol. The highest BCUT2D eigenvalue weighted by Gasteiger charge is 2.31. The fourth-order valence-corrected chi connectivity index (χ4v) is 1.75. The van der Waals surface area contributed by atoms with Crippen molar-refractivity contribution in [2.24, 2.45) is 0 Å². The van der Waals surface area contributed by atoms with Gasteiger partial charge in [0.2, 0.25) is 0 Å². The van der Waals surface area contributed by atoms with Gasteiger partial charge < -0.3 is 4.74 Å². The average molecular weight is 127 g/mol. The minimum absolute atomic E-state index is 0.556. The number of hydrogen-bond acceptors (Lipinski definition) is 2. The zero-order valence-corrected chi connectivity index (χ0v) is 5.84. The van der Waals surface area contributed by atoms with Crippen molar-refractivity contribution in [1.29, 1.82) is 0 Å². The van der Waals surface area contributed by atoms with Gasteiger partial charge in [0, 0.05) is 12.6 Å². The molecule has 0 saturated carbocycles. The van der Waals surface area contributed by atoms with Gasteiger partial charge >= 0.3 is 0 Å². The molecule has 2 nitrogen and oxygen atoms in total. The molecule has 3 heterocycles. The lowest BCUT2D eigenvalue weighted by Gasteiger charge is -2.43. The first-order valence-electron chi connectivity index (χ1n) is 3.68. The molecule has 0 N–H and O–H groups in total. The predicted octanol–water partition coefficient (Wildman–Crippen LogP) is 0.479. The summed E-state index contributed by atoms with van der Waals surface area (Å²) in [5, 5.41) is 0. The van der Waals surface area contributed by atoms with Crippen LogP contribution in [-0.2, 0) is 4.74 Å². The van der Waals surface area contributed by atoms with Crippen LogP contribution in [0.3, 0.4) is 0 Å². The van der Waals surface area contributed by atoms with Gasteiger partial charge in [0.25, 0.3) is 0 Å². The zero-order chi connectivity index (χ0) is 6.27. The second-order valence-electron chi connectivity index (χ2n) is 3.13. The van der Waals surface area contributed by atoms with E-state index in [-0.39, 0.29) is 0 Å². The highest BCUT2D eigenvalue weighted by molar-refractivity contribution is 4.84. The van der Waals surface area contributed by atoms with Crippen molar-refractivity contribution >= 4 is 0 Å². The molecule has 0 aromatic heterocycles. The van der Waals surface area contributed by atoms with E-state index >= 15 is 0 Å². The molecular weight excluding hydrogens is 114 g/mol. The summed E-state index contributed by atoms with van der Waals surface area (Å²) in [5.41, 5.74) is 0. The molecule has 2 unspecified atom stereocenters. The van der Waals surface area contributed by atoms with E-state index in [1.54, 1.807) is 0 Å². The summed E-state index contributed by atoms with van der Waals surface area (Å²) in [5.74, 6) is 0. The molecule has 3 aliphatic rings. The summed E-state index contributed by atoms with van der Waals surface area (Å²) in [6.07, 6.45) is 3.19. The standard InChI is InChI=1S/C7H13NO/c1-8-4-7-3-2-6(8)5-9-7/h6-7H,2-5H2,1H3. The Kier molecular flexibility index (Phi) is 1.24. The summed E-state index contributed by atoms with van der Waals surface area (Å²) in [7, 11) is 2.19. The molecule has 9 heavy (non-hydrogen) atoms. The molecule has 3 fully saturated rings. The van der Waals surface area contributed by atoms with Gasteiger partial charge in [0.15, 0.2) is 0 Å². The fourth-order valence-electron chi connectivity index (χ4n) is 1.75. The summed E-state index contributed by atoms with van der Waals surface area (Å²) >= 11 is 0. The van der Waals surface area contributed by atoms with Crippen LogP contribution in [0.25, 0.3) is 0 Å². The molecule has 3 rings (SSSR count). The Labute approximate surface area is 55.8 Å². The number of nitrogens with zero attached hydrogens (tertiary/aromatic N) is 1. The second-order valence-corrected chi connectivity index (χ2v) is 3.13. The van der Waals surface area contributed by atoms with E-state index in [0.29, 0.717) is 6.10 Å². The minimum Gasteiger partial charge on any atom is -0.375 e. The number of likely N-dealkylation sites (N-methyl/N-ethyl adjacent to an activating group) is 1. The van der Waals surface area contributed by atoms with Crippen molar-refractivity contribution in [3.63, 3.8) is 0 Å². The number of hydrogen-bond donors (Lipinski definition) is 0. The molecule has 2 bridgehead atoms. The molecule has 0 aliphatic carbocycles. The van der Waals surface area contributed by atoms with Crippen LogP contribution in [0.5, 0.6) is 0 Å². The summed E-state index contributed by atoms with van der Waals surface area (Å²) in [6, 6.07) is 0.731. The van der Waals surface area contributed by atoms with Crippen molar-refractivity contribution in [3.8, 4) is 0 Å². The quantitative estimate of drug-likeness (QED) is 0.469. The van der Waals surface area contributed by atoms with Gasteiger partial charge in [-0.05, 0) is 19.9 Å². The molecular formula is C7H13NO. The SMILES string of the molecule is CN1CC2CCC1CO2. The molecule has 0 radical (unpaired) electrons. The average Bonchev–Trinajstić information content (AvgIpc) is 1.90. The molecule has 2 heteroatoms. The van der Waals surface area contributed by atoms with Gasteiger partial charge in [-0.3, -0.25) is 4.90 Å². The Hall–Kier alpha value is -0.0800. The first-order valence-corrected chi connectivity index (χ1v) is 3.68. The molecule has 0 amide bonds. The molecule has 3 saturated heterocycles. The van der Waals surface area contributed by atoms with Gasteiger partial charge in [0.05, 0.1) is 12.7 Å². The van der Waals surface area contributed by atoms with E-state index in [1.807, 2.05) is 0 Å². The Morgan fingerprint density at radius 3 is 2.56 bits per heavy atom. The molecule has 0 spiro atoms. The van der Waals surface area contributed by atoms with Crippen LogP contribution >= 0.6 is 0 Å². The van der Waals surface area contributed by atoms with Crippen LogP contribution in [0.1, 0.15) is 12.8 Å². The van der Waals surface area contributed by atoms with Crippen LogP contribution in [-0.4, -0.2) is 37.2 Å². The lowest BCUT2D eigenvalue weighted by atomic mass is 9.98. The van der Waals surface area contributed by atoms with Crippen LogP contribution in [0, 0.1) is 0 Å². The smallest absolute Gasteiger partial charge is 0.0703 e. The van der Waals surface area contributed by atoms with Gasteiger partial charge in [-0.1, -0.05) is 0 Å². The molecule has 2 atom stereocenters. The Morgan fingerprint density at radius 1 is 1.44 bits per heavy atom. The van der Waals surface area contributed by atoms with Crippen molar-refractivity contribution in [3.05, 3.63) is 0 Å². The normalized spacial score (nSPS) is 43.7. The van der Waals surface area contributed by atoms with Crippen molar-refractivity contribution in [2.45, 2.75) is 25.0 Å². The van der Waals surface area contributed by atoms with E-state index in [9.17, 15) is 0 Å². The number of fused-ring (bicyclic) bond motifs is 3. The third-order valence-corrected chi connectivity index (χ3v) is 2.46. The van der Waals surface area contributed by atoms with Crippen LogP contribution in [0.15, 0.2) is 0 Å². The predicted molar refractivity (Wildman–Crippen MR) is 35.4 cm³/mol. The van der Waals surface area contributed by atoms with E-state index in [1.165, 1.54) is 12.8 Å². The summed E-state index contributed by atoms with van der Waals surface area (Å²) < 4.78 is 5.51. The van der Waals surface area contributed by atoms with E-state index in [2.05, 4.69) is 11.9 Å². The van der Waals surface area contributed by atoms with E-state index < -0.39 is 0 Å². The van der Waals surface area contributed by atoms with Crippen LogP contribution in [0.4, 0.5) is 0 Å². The molecule has 0 aromatic carbocycles. The van der Waals surface area contributed by atoms with Gasteiger partial charge in [-0.2, -0.15) is 0 Å². The van der Waals surface area contributed by atoms with Crippen LogP contribution in [0.2, 0.25) is 0 Å². The Bertz CT molecular complexity index is 107. The fraction of sp³-hybridized carbons (Fsp3) is 1.00. The molecule has 3 aliphatic heterocycles. The molecule has 0 aromatic rings. The number of piperidine rings is 1. The highest BCUT2D eigenvalue weighted by Crippen LogP contribution is 2.24. The maximum atomic E-state index is 5.51. The van der Waals surface area contributed by atoms with Gasteiger partial charge in [-0.25, -0.2) is 0 Å². The number of rotatable bonds is 0. The lowest BCUT2D eigenvalue weighted by molar-refractivity contribution is -0.0962. The van der Waals surface area contributed by atoms with Crippen molar-refractivity contribution in [2.75, 3.05) is 20.2 Å². The summed E-state index contributed by atoms with van der Waals surface area (Å²) in [4.78, 5) is 2.41. The van der Waals surface area contributed by atoms with E-state index in [0.717, 1.165) is 19.2 Å². The largest absolute Gasteiger partial charge is 0.375 e. The minimum atomic E-state index is 0.556. The number of ether oxygens (including phenoxy) is 1. The van der Waals surface area contributed by atoms with E-state index in [4.69, 9.17) is 4.74 Å². The first-order chi connectivity index (χ1) is 4.36. The summed E-state index contributed by atoms with van der Waals surface area (Å²) in [6.45, 7) is 2.13. The Morgan fingerprint density at radius 2 is 2.33 bits per heavy atom. The van der Waals surface area contributed by atoms with Crippen LogP contribution < -0.4 is 0 Å². The highest BCUT2D eigenvalue weighted by atomic mass is 16.5. The van der Waals surface area contributed by atoms with Gasteiger partial charge in [0.1, 0.15) is 0 Å². The topological polar surface area (TPSA) is 12.5 Å². The lowest BCUT2D eigenvalue weighted by Crippen LogP contribution is -2.52. The third-order valence-electron chi connectivity index (χ3n) is 2.46. The maximum Gasteiger partial charge on any atom is 0.0703 e. The molecule has 52 valence electrons. The van der Waals surface area contributed by atoms with Crippen molar-refractivity contribution < 1.29 is 4.74 Å². The second kappa shape index (κ2) is 1.96. The van der Waals surface area contributed by atoms with Gasteiger partial charge in [-0.15, -0.1) is 0 Å². The Balaban J connectivity index is 2.06. The first kappa shape index (κ1) is 5.69. The third kappa shape index (κ3) is 0.864. The zero-order valence-electron chi connectivity index (χ0n) is 5.84.